The van der Waals surface area contributed by atoms with Gasteiger partial charge in [0.25, 0.3) is 0 Å². The zero-order chi connectivity index (χ0) is 11.2. The lowest BCUT2D eigenvalue weighted by Crippen LogP contribution is -2.02. The summed E-state index contributed by atoms with van der Waals surface area (Å²) in [5.41, 5.74) is 2.27. The Labute approximate surface area is 94.9 Å². The Kier molecular flexibility index (Phi) is 3.59. The Morgan fingerprint density at radius 1 is 0.938 bits per heavy atom. The van der Waals surface area contributed by atoms with E-state index in [0.29, 0.717) is 18.6 Å². The molecule has 0 aliphatic rings. The van der Waals surface area contributed by atoms with Crippen LogP contribution in [0.1, 0.15) is 24.2 Å². The van der Waals surface area contributed by atoms with E-state index in [-0.39, 0.29) is 0 Å². The first-order chi connectivity index (χ1) is 7.84. The van der Waals surface area contributed by atoms with Crippen LogP contribution >= 0.6 is 0 Å². The second-order valence-electron chi connectivity index (χ2n) is 3.93. The Bertz CT molecular complexity index is 374. The lowest BCUT2D eigenvalue weighted by Gasteiger charge is -1.99. The molecule has 0 spiro atoms. The third-order valence-electron chi connectivity index (χ3n) is 2.67. The number of H-pyrrole nitrogens is 2. The van der Waals surface area contributed by atoms with Crippen LogP contribution in [0, 0.1) is 0 Å². The van der Waals surface area contributed by atoms with Crippen molar-refractivity contribution in [1.82, 2.24) is 9.97 Å². The van der Waals surface area contributed by atoms with E-state index in [2.05, 4.69) is 9.97 Å². The van der Waals surface area contributed by atoms with Crippen molar-refractivity contribution in [1.29, 1.82) is 0 Å². The summed E-state index contributed by atoms with van der Waals surface area (Å²) >= 11 is 0. The molecule has 0 saturated carbocycles. The highest BCUT2D eigenvalue weighted by molar-refractivity contribution is 5.78. The van der Waals surface area contributed by atoms with Crippen molar-refractivity contribution >= 4 is 5.78 Å². The van der Waals surface area contributed by atoms with E-state index < -0.39 is 0 Å². The van der Waals surface area contributed by atoms with Crippen molar-refractivity contribution in [2.24, 2.45) is 0 Å². The molecule has 0 amide bonds. The molecule has 2 rings (SSSR count). The number of ketones is 1. The van der Waals surface area contributed by atoms with Gasteiger partial charge in [-0.3, -0.25) is 4.79 Å². The van der Waals surface area contributed by atoms with Gasteiger partial charge in [0.2, 0.25) is 0 Å². The summed E-state index contributed by atoms with van der Waals surface area (Å²) < 4.78 is 0. The average molecular weight is 216 g/mol. The van der Waals surface area contributed by atoms with Gasteiger partial charge in [-0.2, -0.15) is 0 Å². The molecule has 2 N–H and O–H groups in total. The largest absolute Gasteiger partial charge is 0.365 e. The maximum atomic E-state index is 11.6. The van der Waals surface area contributed by atoms with Crippen LogP contribution in [0.15, 0.2) is 36.7 Å². The summed E-state index contributed by atoms with van der Waals surface area (Å²) in [4.78, 5) is 17.8. The topological polar surface area (TPSA) is 48.6 Å². The van der Waals surface area contributed by atoms with E-state index in [0.717, 1.165) is 24.2 Å². The molecule has 0 fully saturated rings. The standard InChI is InChI=1S/C13H16N2O/c16-13(7-5-11-3-1-9-14-11)8-6-12-4-2-10-15-12/h1-4,9-10,14-15H,5-8H2. The van der Waals surface area contributed by atoms with E-state index in [1.165, 1.54) is 0 Å². The number of Topliss-reactive ketones (excluding diaryl/α,β-unsaturated/α-hetero) is 1. The first-order valence-electron chi connectivity index (χ1n) is 5.61. The fraction of sp³-hybridized carbons (Fsp3) is 0.308. The minimum atomic E-state index is 0.323. The molecule has 0 radical (unpaired) electrons. The SMILES string of the molecule is O=C(CCc1ccc[nH]1)CCc1ccc[nH]1. The first-order valence-corrected chi connectivity index (χ1v) is 5.61. The molecule has 84 valence electrons. The monoisotopic (exact) mass is 216 g/mol. The van der Waals surface area contributed by atoms with Gasteiger partial charge in [-0.05, 0) is 37.1 Å². The van der Waals surface area contributed by atoms with Gasteiger partial charge in [-0.1, -0.05) is 0 Å². The maximum absolute atomic E-state index is 11.6. The second kappa shape index (κ2) is 5.35. The van der Waals surface area contributed by atoms with Crippen LogP contribution in [0.25, 0.3) is 0 Å². The Balaban J connectivity index is 1.69. The number of aromatic amines is 2. The zero-order valence-electron chi connectivity index (χ0n) is 9.20. The van der Waals surface area contributed by atoms with Crippen LogP contribution in [0.4, 0.5) is 0 Å². The van der Waals surface area contributed by atoms with Crippen LogP contribution in [-0.4, -0.2) is 15.8 Å². The molecule has 0 unspecified atom stereocenters. The number of hydrogen-bond acceptors (Lipinski definition) is 1. The Morgan fingerprint density at radius 3 is 1.81 bits per heavy atom. The summed E-state index contributed by atoms with van der Waals surface area (Å²) in [6, 6.07) is 7.94. The number of aromatic nitrogens is 2. The zero-order valence-corrected chi connectivity index (χ0v) is 9.20. The van der Waals surface area contributed by atoms with Crippen molar-refractivity contribution in [2.75, 3.05) is 0 Å². The van der Waals surface area contributed by atoms with Crippen LogP contribution in [0.3, 0.4) is 0 Å². The predicted octanol–water partition coefficient (Wildman–Crippen LogP) is 2.48. The summed E-state index contributed by atoms with van der Waals surface area (Å²) in [5.74, 6) is 0.323. The number of nitrogens with one attached hydrogen (secondary N) is 2. The van der Waals surface area contributed by atoms with E-state index in [4.69, 9.17) is 0 Å². The fourth-order valence-electron chi connectivity index (χ4n) is 1.72. The third kappa shape index (κ3) is 3.12. The van der Waals surface area contributed by atoms with Crippen molar-refractivity contribution in [3.63, 3.8) is 0 Å². The number of hydrogen-bond donors (Lipinski definition) is 2. The lowest BCUT2D eigenvalue weighted by atomic mass is 10.1. The summed E-state index contributed by atoms with van der Waals surface area (Å²) in [6.07, 6.45) is 6.66. The van der Waals surface area contributed by atoms with Crippen molar-refractivity contribution < 1.29 is 4.79 Å². The molecule has 0 aliphatic carbocycles. The smallest absolute Gasteiger partial charge is 0.133 e. The van der Waals surface area contributed by atoms with Crippen LogP contribution in [0.5, 0.6) is 0 Å². The third-order valence-corrected chi connectivity index (χ3v) is 2.67. The Hall–Kier alpha value is -1.77. The summed E-state index contributed by atoms with van der Waals surface area (Å²) in [5, 5.41) is 0. The van der Waals surface area contributed by atoms with Gasteiger partial charge < -0.3 is 9.97 Å². The number of carbonyl (C=O) groups is 1. The maximum Gasteiger partial charge on any atom is 0.133 e. The van der Waals surface area contributed by atoms with Gasteiger partial charge in [0.1, 0.15) is 5.78 Å². The minimum absolute atomic E-state index is 0.323. The highest BCUT2D eigenvalue weighted by Crippen LogP contribution is 2.05. The quantitative estimate of drug-likeness (QED) is 0.765. The number of aryl methyl sites for hydroxylation is 2. The highest BCUT2D eigenvalue weighted by Gasteiger charge is 2.04. The van der Waals surface area contributed by atoms with Gasteiger partial charge >= 0.3 is 0 Å². The van der Waals surface area contributed by atoms with Gasteiger partial charge in [-0.15, -0.1) is 0 Å². The fourth-order valence-corrected chi connectivity index (χ4v) is 1.72. The molecule has 0 aliphatic heterocycles. The molecular formula is C13H16N2O. The predicted molar refractivity (Wildman–Crippen MR) is 63.2 cm³/mol. The molecule has 3 heteroatoms. The van der Waals surface area contributed by atoms with Crippen LogP contribution in [0.2, 0.25) is 0 Å². The normalized spacial score (nSPS) is 10.5. The van der Waals surface area contributed by atoms with Crippen LogP contribution < -0.4 is 0 Å². The highest BCUT2D eigenvalue weighted by atomic mass is 16.1. The van der Waals surface area contributed by atoms with Crippen LogP contribution in [-0.2, 0) is 17.6 Å². The molecule has 2 aromatic rings. The molecular weight excluding hydrogens is 200 g/mol. The lowest BCUT2D eigenvalue weighted by molar-refractivity contribution is -0.119. The molecule has 2 heterocycles. The molecule has 3 nitrogen and oxygen atoms in total. The molecule has 16 heavy (non-hydrogen) atoms. The molecule has 2 aromatic heterocycles. The molecule has 0 saturated heterocycles. The van der Waals surface area contributed by atoms with Crippen molar-refractivity contribution in [3.05, 3.63) is 48.0 Å². The van der Waals surface area contributed by atoms with E-state index in [1.807, 2.05) is 36.7 Å². The van der Waals surface area contributed by atoms with Gasteiger partial charge in [0, 0.05) is 36.6 Å². The van der Waals surface area contributed by atoms with E-state index >= 15 is 0 Å². The second-order valence-corrected chi connectivity index (χ2v) is 3.93. The summed E-state index contributed by atoms with van der Waals surface area (Å²) in [7, 11) is 0. The van der Waals surface area contributed by atoms with Crippen molar-refractivity contribution in [3.8, 4) is 0 Å². The number of carbonyl (C=O) groups excluding carboxylic acids is 1. The van der Waals surface area contributed by atoms with Gasteiger partial charge in [0.15, 0.2) is 0 Å². The van der Waals surface area contributed by atoms with Gasteiger partial charge in [0.05, 0.1) is 0 Å². The van der Waals surface area contributed by atoms with E-state index in [1.54, 1.807) is 0 Å². The van der Waals surface area contributed by atoms with Gasteiger partial charge in [-0.25, -0.2) is 0 Å². The molecule has 0 aromatic carbocycles. The average Bonchev–Trinajstić information content (AvgIpc) is 2.96. The first kappa shape index (κ1) is 10.7. The molecule has 0 atom stereocenters. The van der Waals surface area contributed by atoms with Crippen molar-refractivity contribution in [2.45, 2.75) is 25.7 Å². The Morgan fingerprint density at radius 2 is 1.44 bits per heavy atom. The minimum Gasteiger partial charge on any atom is -0.365 e. The molecule has 0 bridgehead atoms. The summed E-state index contributed by atoms with van der Waals surface area (Å²) in [6.45, 7) is 0. The van der Waals surface area contributed by atoms with E-state index in [9.17, 15) is 4.79 Å². The number of rotatable bonds is 6.